The maximum Gasteiger partial charge on any atom is -1.00 e. The number of benzene rings is 4. The Kier molecular flexibility index (Phi) is 9.75. The van der Waals surface area contributed by atoms with Crippen LogP contribution in [0.5, 0.6) is 0 Å². The minimum Gasteiger partial charge on any atom is -1.00 e. The molecule has 0 N–H and O–H groups in total. The Morgan fingerprint density at radius 2 is 1.10 bits per heavy atom. The van der Waals surface area contributed by atoms with Crippen molar-refractivity contribution < 1.29 is 54.9 Å². The summed E-state index contributed by atoms with van der Waals surface area (Å²) in [6.07, 6.45) is 14.3. The molecule has 0 aromatic heterocycles. The summed E-state index contributed by atoms with van der Waals surface area (Å²) in [4.78, 5) is 0. The van der Waals surface area contributed by atoms with Gasteiger partial charge in [0.05, 0.1) is 0 Å². The summed E-state index contributed by atoms with van der Waals surface area (Å²) in [6.45, 7) is 18.5. The zero-order valence-corrected chi connectivity index (χ0v) is 34.5. The second kappa shape index (κ2) is 13.2. The first-order chi connectivity index (χ1) is 23.1. The van der Waals surface area contributed by atoms with Gasteiger partial charge in [0.1, 0.15) is 0 Å². The quantitative estimate of drug-likeness (QED) is 0.237. The summed E-state index contributed by atoms with van der Waals surface area (Å²) < 4.78 is 32.2. The van der Waals surface area contributed by atoms with Gasteiger partial charge >= 0.3 is 300 Å². The van der Waals surface area contributed by atoms with Crippen LogP contribution >= 0.6 is 0 Å². The molecule has 4 aliphatic rings. The molecular weight excluding hydrogens is 753 g/mol. The molecule has 4 aromatic rings. The van der Waals surface area contributed by atoms with Gasteiger partial charge in [-0.2, -0.15) is 0 Å². The van der Waals surface area contributed by atoms with Crippen molar-refractivity contribution in [2.45, 2.75) is 69.8 Å². The molecule has 5 heteroatoms. The fourth-order valence-corrected chi connectivity index (χ4v) is 18.0. The molecule has 1 atom stereocenters. The van der Waals surface area contributed by atoms with Crippen LogP contribution in [0.4, 0.5) is 8.78 Å². The fourth-order valence-electron chi connectivity index (χ4n) is 8.52. The van der Waals surface area contributed by atoms with Gasteiger partial charge in [-0.25, -0.2) is 0 Å². The second-order valence-electron chi connectivity index (χ2n) is 16.7. The van der Waals surface area contributed by atoms with Crippen LogP contribution in [0.25, 0.3) is 23.3 Å². The number of hydrogen-bond donors (Lipinski definition) is 0. The SMILES string of the molecule is CC1C=C(C(C)(C)C)C=[C]1[Zr+2](=[C](c1ccc(F)cc1)c1ccc(F)cc1)[CH]1c2cc3c(cc2-c2cc4c(cc21)C(C)(C)C=C4)C=CC3(C)C.[Cl-].[Cl-]. The van der Waals surface area contributed by atoms with Crippen LogP contribution in [0.2, 0.25) is 0 Å². The number of rotatable bonds is 4. The van der Waals surface area contributed by atoms with Crippen molar-refractivity contribution in [2.24, 2.45) is 11.3 Å². The minimum atomic E-state index is -3.19. The Balaban J connectivity index is 0.00000224. The molecule has 51 heavy (non-hydrogen) atoms. The molecule has 260 valence electrons. The number of halogens is 4. The molecule has 0 saturated heterocycles. The Morgan fingerprint density at radius 3 is 1.49 bits per heavy atom. The number of fused-ring (bicyclic) bond motifs is 5. The molecule has 1 unspecified atom stereocenters. The molecular formula is C46H44Cl2F2Zr. The third-order valence-corrected chi connectivity index (χ3v) is 20.0. The third kappa shape index (κ3) is 6.30. The van der Waals surface area contributed by atoms with E-state index in [-0.39, 0.29) is 62.2 Å². The molecule has 0 amide bonds. The molecule has 0 saturated carbocycles. The predicted octanol–water partition coefficient (Wildman–Crippen LogP) is 6.04. The van der Waals surface area contributed by atoms with Gasteiger partial charge in [-0.3, -0.25) is 0 Å². The van der Waals surface area contributed by atoms with Crippen molar-refractivity contribution in [3.8, 4) is 11.1 Å². The average molecular weight is 797 g/mol. The number of allylic oxidation sites excluding steroid dienone is 6. The molecule has 0 fully saturated rings. The van der Waals surface area contributed by atoms with Crippen LogP contribution in [0.1, 0.15) is 104 Å². The number of hydrogen-bond acceptors (Lipinski definition) is 0. The summed E-state index contributed by atoms with van der Waals surface area (Å²) >= 11 is -3.19. The monoisotopic (exact) mass is 794 g/mol. The molecule has 0 bridgehead atoms. The molecule has 4 aromatic carbocycles. The van der Waals surface area contributed by atoms with E-state index in [9.17, 15) is 8.78 Å². The van der Waals surface area contributed by atoms with Gasteiger partial charge in [0.15, 0.2) is 0 Å². The Labute approximate surface area is 322 Å². The van der Waals surface area contributed by atoms with Gasteiger partial charge in [0.25, 0.3) is 0 Å². The van der Waals surface area contributed by atoms with Crippen molar-refractivity contribution in [3.05, 3.63) is 162 Å². The Morgan fingerprint density at radius 1 is 0.667 bits per heavy atom. The van der Waals surface area contributed by atoms with Crippen molar-refractivity contribution in [3.63, 3.8) is 0 Å². The predicted molar refractivity (Wildman–Crippen MR) is 199 cm³/mol. The standard InChI is InChI=1S/C23H21.C13H8F2.C10H15.2ClH.Zr/c1-22(2)7-5-14-10-18-16(12-20(14)22)9-17-13-21-15(11-19(17)18)6-8-23(21,3)4;14-12-5-1-10(2-6-12)9-11-3-7-13(15)8-4-11;1-8-5-6-9(7-8)10(2,3)4;;;/h5-13H,1-4H3;1-8H;6-8H,1-4H3;2*1H;/q;;;;;+2/p-2. The first-order valence-corrected chi connectivity index (χ1v) is 21.5. The second-order valence-corrected chi connectivity index (χ2v) is 22.8. The first kappa shape index (κ1) is 37.8. The van der Waals surface area contributed by atoms with Crippen molar-refractivity contribution in [2.75, 3.05) is 0 Å². The first-order valence-electron chi connectivity index (χ1n) is 17.6. The normalized spacial score (nSPS) is 18.4. The van der Waals surface area contributed by atoms with E-state index in [1.165, 1.54) is 56.6 Å². The summed E-state index contributed by atoms with van der Waals surface area (Å²) in [7, 11) is 0. The smallest absolute Gasteiger partial charge is 1.00 e. The van der Waals surface area contributed by atoms with Crippen LogP contribution in [0.15, 0.2) is 106 Å². The topological polar surface area (TPSA) is 0 Å². The summed E-state index contributed by atoms with van der Waals surface area (Å²) in [6, 6.07) is 24.1. The third-order valence-electron chi connectivity index (χ3n) is 11.3. The molecule has 0 spiro atoms. The van der Waals surface area contributed by atoms with Crippen molar-refractivity contribution in [1.29, 1.82) is 0 Å². The van der Waals surface area contributed by atoms with Gasteiger partial charge in [0, 0.05) is 0 Å². The van der Waals surface area contributed by atoms with Crippen molar-refractivity contribution in [1.82, 2.24) is 0 Å². The van der Waals surface area contributed by atoms with Crippen LogP contribution in [0, 0.1) is 23.0 Å². The molecule has 0 heterocycles. The zero-order valence-electron chi connectivity index (χ0n) is 30.6. The Bertz CT molecular complexity index is 2100. The average Bonchev–Trinajstić information content (AvgIpc) is 3.76. The van der Waals surface area contributed by atoms with Crippen LogP contribution in [0.3, 0.4) is 0 Å². The van der Waals surface area contributed by atoms with E-state index in [4.69, 9.17) is 0 Å². The molecule has 8 rings (SSSR count). The van der Waals surface area contributed by atoms with Gasteiger partial charge in [-0.05, 0) is 0 Å². The van der Waals surface area contributed by atoms with Crippen LogP contribution < -0.4 is 24.8 Å². The van der Waals surface area contributed by atoms with Gasteiger partial charge in [0.2, 0.25) is 0 Å². The van der Waals surface area contributed by atoms with Crippen LogP contribution in [-0.4, -0.2) is 3.21 Å². The van der Waals surface area contributed by atoms with E-state index < -0.39 is 21.3 Å². The van der Waals surface area contributed by atoms with E-state index in [0.29, 0.717) is 0 Å². The largest absolute Gasteiger partial charge is 1.00 e. The molecule has 0 aliphatic heterocycles. The van der Waals surface area contributed by atoms with E-state index in [1.54, 1.807) is 24.3 Å². The zero-order chi connectivity index (χ0) is 34.6. The van der Waals surface area contributed by atoms with Gasteiger partial charge in [-0.15, -0.1) is 0 Å². The van der Waals surface area contributed by atoms with Crippen LogP contribution in [-0.2, 0) is 32.1 Å². The van der Waals surface area contributed by atoms with E-state index in [0.717, 1.165) is 11.1 Å². The molecule has 4 aliphatic carbocycles. The van der Waals surface area contributed by atoms with E-state index in [1.807, 2.05) is 24.3 Å². The maximum atomic E-state index is 14.6. The Hall–Kier alpha value is -2.97. The maximum absolute atomic E-state index is 14.6. The van der Waals surface area contributed by atoms with Gasteiger partial charge < -0.3 is 24.8 Å². The molecule has 0 nitrogen and oxygen atoms in total. The van der Waals surface area contributed by atoms with Gasteiger partial charge in [-0.1, -0.05) is 0 Å². The summed E-state index contributed by atoms with van der Waals surface area (Å²) in [5, 5.41) is 0. The fraction of sp³-hybridized carbons (Fsp3) is 0.283. The van der Waals surface area contributed by atoms with Crippen molar-refractivity contribution >= 4 is 15.4 Å². The minimum absolute atomic E-state index is 0. The van der Waals surface area contributed by atoms with E-state index in [2.05, 4.69) is 116 Å². The van der Waals surface area contributed by atoms with E-state index >= 15 is 0 Å². The molecule has 0 radical (unpaired) electrons. The summed E-state index contributed by atoms with van der Waals surface area (Å²) in [5.41, 5.74) is 14.3. The summed E-state index contributed by atoms with van der Waals surface area (Å²) in [5.74, 6) is -0.221.